The molecule has 5 aliphatic heterocycles. The summed E-state index contributed by atoms with van der Waals surface area (Å²) in [5, 5.41) is 2.69. The first-order chi connectivity index (χ1) is 36.2. The zero-order valence-corrected chi connectivity index (χ0v) is 52.7. The number of hydrogen-bond acceptors (Lipinski definition) is 5. The summed E-state index contributed by atoms with van der Waals surface area (Å²) >= 11 is 0. The molecular weight excluding hydrogens is 929 g/mol. The molecule has 6 nitrogen and oxygen atoms in total. The van der Waals surface area contributed by atoms with Crippen molar-refractivity contribution in [1.29, 1.82) is 0 Å². The Morgan fingerprint density at radius 3 is 1.28 bits per heavy atom. The van der Waals surface area contributed by atoms with Crippen LogP contribution in [-0.4, -0.2) is 78.2 Å². The van der Waals surface area contributed by atoms with Crippen LogP contribution in [-0.2, 0) is 25.8 Å². The van der Waals surface area contributed by atoms with Crippen LogP contribution in [0.15, 0.2) is 97.1 Å². The van der Waals surface area contributed by atoms with Gasteiger partial charge in [-0.3, -0.25) is 4.90 Å². The number of piperidine rings is 1. The van der Waals surface area contributed by atoms with Gasteiger partial charge in [0, 0.05) is 105 Å². The Morgan fingerprint density at radius 2 is 0.816 bits per heavy atom. The molecule has 0 N–H and O–H groups in total. The van der Waals surface area contributed by atoms with Crippen LogP contribution < -0.4 is 9.80 Å². The maximum atomic E-state index is 5.70. The van der Waals surface area contributed by atoms with Gasteiger partial charge in [-0.1, -0.05) is 141 Å². The van der Waals surface area contributed by atoms with Crippen LogP contribution >= 0.6 is 0 Å². The Morgan fingerprint density at radius 1 is 0.408 bits per heavy atom. The summed E-state index contributed by atoms with van der Waals surface area (Å²) < 4.78 is 13.7. The minimum absolute atomic E-state index is 0.0999. The van der Waals surface area contributed by atoms with Crippen LogP contribution in [0.4, 0.5) is 11.4 Å². The monoisotopic (exact) mass is 1040 g/mol. The van der Waals surface area contributed by atoms with Crippen LogP contribution in [0.1, 0.15) is 220 Å². The minimum Gasteiger partial charge on any atom is -0.381 e. The summed E-state index contributed by atoms with van der Waals surface area (Å²) in [6.45, 7) is 51.0. The molecule has 3 unspecified atom stereocenters. The van der Waals surface area contributed by atoms with Crippen molar-refractivity contribution in [2.45, 2.75) is 248 Å². The fourth-order valence-corrected chi connectivity index (χ4v) is 13.3. The van der Waals surface area contributed by atoms with Crippen molar-refractivity contribution in [2.24, 2.45) is 5.92 Å². The Bertz CT molecular complexity index is 2370. The number of benzene rings is 4. The van der Waals surface area contributed by atoms with Crippen LogP contribution in [0, 0.1) is 5.92 Å². The van der Waals surface area contributed by atoms with Crippen molar-refractivity contribution in [1.82, 2.24) is 9.47 Å². The number of para-hydroxylation sites is 4. The quantitative estimate of drug-likeness (QED) is 0.154. The normalized spacial score (nSPS) is 21.7. The van der Waals surface area contributed by atoms with Crippen LogP contribution in [0.5, 0.6) is 0 Å². The van der Waals surface area contributed by atoms with Crippen molar-refractivity contribution in [2.75, 3.05) is 55.9 Å². The lowest BCUT2D eigenvalue weighted by Crippen LogP contribution is -2.54. The van der Waals surface area contributed by atoms with Crippen LogP contribution in [0.3, 0.4) is 0 Å². The average Bonchev–Trinajstić information content (AvgIpc) is 4.04. The summed E-state index contributed by atoms with van der Waals surface area (Å²) in [5.41, 5.74) is 10.1. The van der Waals surface area contributed by atoms with Gasteiger partial charge in [-0.05, 0) is 189 Å². The molecule has 0 radical (unpaired) electrons. The summed E-state index contributed by atoms with van der Waals surface area (Å²) in [4.78, 5) is 7.90. The van der Waals surface area contributed by atoms with Crippen LogP contribution in [0.2, 0.25) is 0 Å². The lowest BCUT2D eigenvalue weighted by Gasteiger charge is -2.50. The van der Waals surface area contributed by atoms with Gasteiger partial charge in [-0.25, -0.2) is 0 Å². The first kappa shape index (κ1) is 64.7. The predicted octanol–water partition coefficient (Wildman–Crippen LogP) is 19.2. The summed E-state index contributed by atoms with van der Waals surface area (Å²) in [5.74, 6) is 1.02. The Hall–Kier alpha value is -3.84. The number of anilines is 2. The third-order valence-electron chi connectivity index (χ3n) is 16.7. The third-order valence-corrected chi connectivity index (χ3v) is 16.7. The molecule has 2 spiro atoms. The fourth-order valence-electron chi connectivity index (χ4n) is 13.3. The zero-order chi connectivity index (χ0) is 56.5. The molecule has 6 heteroatoms. The van der Waals surface area contributed by atoms with Gasteiger partial charge in [-0.15, -0.1) is 0 Å². The lowest BCUT2D eigenvalue weighted by molar-refractivity contribution is -0.00454. The SMILES string of the molecule is CC.CC.CC.CC.CC(C)(C)N1CCC2(CCOC2)c2ccccc21.CC(C)(C)N1CCC2(CCOCC2)c2ccccc21.CC(C)(C)N1CCCC2CCCCC21.CC(C)(C)n1c2ccccc2c2ccccc21. The molecule has 6 aliphatic rings. The Labute approximate surface area is 468 Å². The van der Waals surface area contributed by atoms with Gasteiger partial charge in [0.15, 0.2) is 0 Å². The number of likely N-dealkylation sites (tertiary alicyclic amines) is 1. The van der Waals surface area contributed by atoms with E-state index in [1.807, 2.05) is 55.4 Å². The number of rotatable bonds is 0. The second-order valence-electron chi connectivity index (χ2n) is 25.3. The number of aromatic nitrogens is 1. The number of ether oxygens (including phenoxy) is 2. The van der Waals surface area contributed by atoms with Crippen molar-refractivity contribution >= 4 is 33.2 Å². The average molecular weight is 1040 g/mol. The molecule has 3 atom stereocenters. The summed E-state index contributed by atoms with van der Waals surface area (Å²) in [6, 6.07) is 36.1. The maximum Gasteiger partial charge on any atom is 0.0565 e. The molecule has 6 heterocycles. The van der Waals surface area contributed by atoms with Gasteiger partial charge in [0.05, 0.1) is 6.61 Å². The molecule has 5 aromatic rings. The largest absolute Gasteiger partial charge is 0.381 e. The second-order valence-corrected chi connectivity index (χ2v) is 25.3. The van der Waals surface area contributed by atoms with Crippen molar-refractivity contribution in [3.63, 3.8) is 0 Å². The molecule has 4 fully saturated rings. The van der Waals surface area contributed by atoms with Gasteiger partial charge in [0.1, 0.15) is 0 Å². The Kier molecular flexibility index (Phi) is 24.6. The van der Waals surface area contributed by atoms with Gasteiger partial charge in [0.25, 0.3) is 0 Å². The van der Waals surface area contributed by atoms with E-state index in [1.165, 1.54) is 122 Å². The lowest BCUT2D eigenvalue weighted by atomic mass is 9.68. The van der Waals surface area contributed by atoms with Gasteiger partial charge in [0.2, 0.25) is 0 Å². The molecule has 11 rings (SSSR count). The first-order valence-electron chi connectivity index (χ1n) is 30.9. The molecule has 426 valence electrons. The zero-order valence-electron chi connectivity index (χ0n) is 52.7. The van der Waals surface area contributed by atoms with E-state index in [9.17, 15) is 0 Å². The molecule has 1 saturated carbocycles. The van der Waals surface area contributed by atoms with Crippen molar-refractivity contribution in [3.05, 3.63) is 108 Å². The second kappa shape index (κ2) is 28.9. The first-order valence-corrected chi connectivity index (χ1v) is 30.9. The molecular formula is C70H114N4O2. The molecule has 1 aliphatic carbocycles. The van der Waals surface area contributed by atoms with E-state index in [0.29, 0.717) is 16.4 Å². The maximum absolute atomic E-state index is 5.70. The highest BCUT2D eigenvalue weighted by atomic mass is 16.5. The molecule has 0 bridgehead atoms. The highest BCUT2D eigenvalue weighted by Gasteiger charge is 2.45. The predicted molar refractivity (Wildman–Crippen MR) is 336 cm³/mol. The molecule has 4 aromatic carbocycles. The molecule has 76 heavy (non-hydrogen) atoms. The Balaban J connectivity index is 0.000000210. The van der Waals surface area contributed by atoms with E-state index in [0.717, 1.165) is 44.9 Å². The van der Waals surface area contributed by atoms with Crippen molar-refractivity contribution in [3.8, 4) is 0 Å². The summed E-state index contributed by atoms with van der Waals surface area (Å²) in [7, 11) is 0. The van der Waals surface area contributed by atoms with Gasteiger partial charge >= 0.3 is 0 Å². The van der Waals surface area contributed by atoms with E-state index in [2.05, 4.69) is 199 Å². The van der Waals surface area contributed by atoms with E-state index >= 15 is 0 Å². The smallest absolute Gasteiger partial charge is 0.0565 e. The topological polar surface area (TPSA) is 33.1 Å². The van der Waals surface area contributed by atoms with Gasteiger partial charge < -0.3 is 23.8 Å². The molecule has 0 amide bonds. The highest BCUT2D eigenvalue weighted by Crippen LogP contribution is 2.49. The summed E-state index contributed by atoms with van der Waals surface area (Å²) in [6.07, 6.45) is 14.9. The fraction of sp³-hybridized carbons (Fsp3) is 0.657. The van der Waals surface area contributed by atoms with Crippen LogP contribution in [0.25, 0.3) is 21.8 Å². The number of fused-ring (bicyclic) bond motifs is 8. The minimum atomic E-state index is 0.0999. The number of nitrogens with zero attached hydrogens (tertiary/aromatic N) is 4. The van der Waals surface area contributed by atoms with E-state index in [4.69, 9.17) is 9.47 Å². The standard InChI is InChI=1S/C17H25NO.C16H23NO.C16H17N.C13H25N.4C2H6/c1-16(2,3)18-11-8-17(9-12-19-13-10-17)14-6-4-5-7-15(14)18;1-15(2,3)17-10-8-16(9-11-18-12-16)13-6-4-5-7-14(13)17;1-16(2,3)17-14-10-6-4-8-12(14)13-9-5-7-11-15(13)17;1-13(2,3)14-10-6-8-11-7-4-5-9-12(11)14;4*1-2/h4-7H,8-13H2,1-3H3;4-7H,8-12H2,1-3H3;4-11H,1-3H3;11-12H,4-10H2,1-3H3;4*1-2H3. The van der Waals surface area contributed by atoms with E-state index < -0.39 is 0 Å². The van der Waals surface area contributed by atoms with E-state index in [-0.39, 0.29) is 16.6 Å². The molecule has 3 saturated heterocycles. The molecule has 1 aromatic heterocycles. The number of hydrogen-bond donors (Lipinski definition) is 0. The van der Waals surface area contributed by atoms with Gasteiger partial charge in [-0.2, -0.15) is 0 Å². The highest BCUT2D eigenvalue weighted by molar-refractivity contribution is 6.08. The van der Waals surface area contributed by atoms with E-state index in [1.54, 1.807) is 5.56 Å². The third kappa shape index (κ3) is 15.3. The van der Waals surface area contributed by atoms with Crippen molar-refractivity contribution < 1.29 is 9.47 Å².